The number of carbonyl (C=O) groups excluding carboxylic acids is 1. The van der Waals surface area contributed by atoms with E-state index < -0.39 is 11.2 Å². The molecule has 3 heterocycles. The van der Waals surface area contributed by atoms with Gasteiger partial charge in [0.15, 0.2) is 0 Å². The predicted molar refractivity (Wildman–Crippen MR) is 89.9 cm³/mol. The summed E-state index contributed by atoms with van der Waals surface area (Å²) in [4.78, 5) is 40.7. The number of H-pyrrole nitrogens is 1. The van der Waals surface area contributed by atoms with E-state index in [0.717, 1.165) is 26.2 Å². The molecule has 2 aliphatic heterocycles. The number of nitrogens with zero attached hydrogens (tertiary/aromatic N) is 2. The van der Waals surface area contributed by atoms with Gasteiger partial charge in [0.05, 0.1) is 10.9 Å². The lowest BCUT2D eigenvalue weighted by atomic mass is 10.0. The molecule has 126 valence electrons. The van der Waals surface area contributed by atoms with Crippen molar-refractivity contribution in [1.29, 1.82) is 0 Å². The molecular formula is C17H20N4O3. The molecule has 2 N–H and O–H groups in total. The lowest BCUT2D eigenvalue weighted by Crippen LogP contribution is -2.35. The van der Waals surface area contributed by atoms with Gasteiger partial charge in [0, 0.05) is 39.1 Å². The van der Waals surface area contributed by atoms with Gasteiger partial charge in [-0.05, 0) is 24.0 Å². The summed E-state index contributed by atoms with van der Waals surface area (Å²) in [5.41, 5.74) is -0.284. The van der Waals surface area contributed by atoms with Crippen molar-refractivity contribution < 1.29 is 4.79 Å². The van der Waals surface area contributed by atoms with Crippen LogP contribution in [0.15, 0.2) is 33.9 Å². The molecule has 2 atom stereocenters. The van der Waals surface area contributed by atoms with Gasteiger partial charge in [-0.15, -0.1) is 0 Å². The third kappa shape index (κ3) is 2.54. The lowest BCUT2D eigenvalue weighted by Gasteiger charge is -2.18. The van der Waals surface area contributed by atoms with Crippen LogP contribution in [0.5, 0.6) is 0 Å². The number of aryl methyl sites for hydroxylation is 1. The normalized spacial score (nSPS) is 22.9. The number of hydrogen-bond donors (Lipinski definition) is 2. The Balaban J connectivity index is 1.52. The summed E-state index contributed by atoms with van der Waals surface area (Å²) in [5, 5.41) is 3.82. The summed E-state index contributed by atoms with van der Waals surface area (Å²) < 4.78 is 1.48. The second-order valence-corrected chi connectivity index (χ2v) is 6.66. The Kier molecular flexibility index (Phi) is 3.72. The van der Waals surface area contributed by atoms with Crippen molar-refractivity contribution in [3.05, 3.63) is 45.1 Å². The topological polar surface area (TPSA) is 87.2 Å². The number of benzene rings is 1. The van der Waals surface area contributed by atoms with Crippen molar-refractivity contribution >= 4 is 16.8 Å². The zero-order valence-corrected chi connectivity index (χ0v) is 13.3. The number of para-hydroxylation sites is 1. The van der Waals surface area contributed by atoms with Gasteiger partial charge in [0.1, 0.15) is 0 Å². The number of carbonyl (C=O) groups is 1. The van der Waals surface area contributed by atoms with E-state index in [2.05, 4.69) is 10.3 Å². The van der Waals surface area contributed by atoms with E-state index in [4.69, 9.17) is 0 Å². The molecule has 4 rings (SSSR count). The quantitative estimate of drug-likeness (QED) is 0.814. The average Bonchev–Trinajstić information content (AvgIpc) is 3.16. The van der Waals surface area contributed by atoms with Crippen LogP contribution in [0, 0.1) is 11.8 Å². The molecule has 0 saturated carbocycles. The van der Waals surface area contributed by atoms with E-state index in [1.807, 2.05) is 4.90 Å². The number of nitrogens with one attached hydrogen (secondary N) is 2. The maximum atomic E-state index is 12.5. The summed E-state index contributed by atoms with van der Waals surface area (Å²) >= 11 is 0. The van der Waals surface area contributed by atoms with E-state index in [0.29, 0.717) is 22.7 Å². The Morgan fingerprint density at radius 1 is 1.12 bits per heavy atom. The van der Waals surface area contributed by atoms with Crippen molar-refractivity contribution in [3.8, 4) is 0 Å². The van der Waals surface area contributed by atoms with Crippen LogP contribution >= 0.6 is 0 Å². The molecule has 0 spiro atoms. The fraction of sp³-hybridized carbons (Fsp3) is 0.471. The van der Waals surface area contributed by atoms with Crippen LogP contribution in [-0.2, 0) is 11.3 Å². The number of amides is 1. The van der Waals surface area contributed by atoms with E-state index in [1.54, 1.807) is 24.3 Å². The van der Waals surface area contributed by atoms with Crippen molar-refractivity contribution in [2.45, 2.75) is 13.0 Å². The lowest BCUT2D eigenvalue weighted by molar-refractivity contribution is -0.130. The fourth-order valence-corrected chi connectivity index (χ4v) is 3.89. The highest BCUT2D eigenvalue weighted by Crippen LogP contribution is 2.26. The molecule has 1 aromatic heterocycles. The molecule has 1 aromatic carbocycles. The third-order valence-corrected chi connectivity index (χ3v) is 5.20. The molecule has 2 saturated heterocycles. The zero-order valence-electron chi connectivity index (χ0n) is 13.3. The molecule has 7 nitrogen and oxygen atoms in total. The zero-order chi connectivity index (χ0) is 16.7. The molecule has 0 bridgehead atoms. The van der Waals surface area contributed by atoms with Crippen LogP contribution in [0.4, 0.5) is 0 Å². The molecule has 2 aromatic rings. The van der Waals surface area contributed by atoms with Gasteiger partial charge in [0.2, 0.25) is 5.91 Å². The molecule has 2 aliphatic rings. The largest absolute Gasteiger partial charge is 0.342 e. The van der Waals surface area contributed by atoms with E-state index in [1.165, 1.54) is 4.57 Å². The Morgan fingerprint density at radius 3 is 2.58 bits per heavy atom. The Hall–Kier alpha value is -2.41. The van der Waals surface area contributed by atoms with Crippen LogP contribution in [-0.4, -0.2) is 46.5 Å². The number of rotatable bonds is 3. The number of fused-ring (bicyclic) bond motifs is 2. The number of hydrogen-bond acceptors (Lipinski definition) is 4. The summed E-state index contributed by atoms with van der Waals surface area (Å²) in [6.45, 7) is 3.85. The molecule has 1 amide bonds. The maximum absolute atomic E-state index is 12.5. The highest BCUT2D eigenvalue weighted by atomic mass is 16.2. The smallest absolute Gasteiger partial charge is 0.328 e. The SMILES string of the molecule is O=C(CCn1c(=O)[nH]c(=O)c2ccccc21)N1C[C@H]2CNC[C@H]2C1. The van der Waals surface area contributed by atoms with E-state index >= 15 is 0 Å². The summed E-state index contributed by atoms with van der Waals surface area (Å²) in [6, 6.07) is 6.96. The van der Waals surface area contributed by atoms with Gasteiger partial charge in [-0.25, -0.2) is 4.79 Å². The molecule has 0 aliphatic carbocycles. The van der Waals surface area contributed by atoms with Crippen LogP contribution < -0.4 is 16.6 Å². The second kappa shape index (κ2) is 5.90. The highest BCUT2D eigenvalue weighted by molar-refractivity contribution is 5.79. The second-order valence-electron chi connectivity index (χ2n) is 6.66. The van der Waals surface area contributed by atoms with Crippen LogP contribution in [0.2, 0.25) is 0 Å². The molecule has 0 radical (unpaired) electrons. The standard InChI is InChI=1S/C17H20N4O3/c22-15(20-9-11-7-18-8-12(11)10-20)5-6-21-14-4-2-1-3-13(14)16(23)19-17(21)24/h1-4,11-12,18H,5-10H2,(H,19,23,24)/t11-,12+. The van der Waals surface area contributed by atoms with Gasteiger partial charge in [-0.1, -0.05) is 12.1 Å². The Labute approximate surface area is 138 Å². The molecule has 2 fully saturated rings. The minimum atomic E-state index is -0.464. The molecular weight excluding hydrogens is 308 g/mol. The van der Waals surface area contributed by atoms with E-state index in [-0.39, 0.29) is 18.9 Å². The number of aromatic amines is 1. The van der Waals surface area contributed by atoms with Crippen LogP contribution in [0.1, 0.15) is 6.42 Å². The molecule has 7 heteroatoms. The Bertz CT molecular complexity index is 889. The average molecular weight is 328 g/mol. The first-order valence-corrected chi connectivity index (χ1v) is 8.34. The summed E-state index contributed by atoms with van der Waals surface area (Å²) in [5.74, 6) is 1.20. The summed E-state index contributed by atoms with van der Waals surface area (Å²) in [7, 11) is 0. The fourth-order valence-electron chi connectivity index (χ4n) is 3.89. The van der Waals surface area contributed by atoms with Crippen LogP contribution in [0.25, 0.3) is 10.9 Å². The van der Waals surface area contributed by atoms with Crippen molar-refractivity contribution in [2.75, 3.05) is 26.2 Å². The minimum Gasteiger partial charge on any atom is -0.342 e. The maximum Gasteiger partial charge on any atom is 0.328 e. The van der Waals surface area contributed by atoms with Gasteiger partial charge < -0.3 is 10.2 Å². The van der Waals surface area contributed by atoms with Crippen LogP contribution in [0.3, 0.4) is 0 Å². The minimum absolute atomic E-state index is 0.0755. The molecule has 0 unspecified atom stereocenters. The monoisotopic (exact) mass is 328 g/mol. The predicted octanol–water partition coefficient (Wildman–Crippen LogP) is -0.242. The number of aromatic nitrogens is 2. The van der Waals surface area contributed by atoms with Gasteiger partial charge in [-0.3, -0.25) is 19.1 Å². The Morgan fingerprint density at radius 2 is 1.83 bits per heavy atom. The number of likely N-dealkylation sites (tertiary alicyclic amines) is 1. The molecule has 24 heavy (non-hydrogen) atoms. The van der Waals surface area contributed by atoms with Crippen molar-refractivity contribution in [1.82, 2.24) is 19.8 Å². The first-order chi connectivity index (χ1) is 11.6. The first-order valence-electron chi connectivity index (χ1n) is 8.34. The van der Waals surface area contributed by atoms with Gasteiger partial charge in [0.25, 0.3) is 5.56 Å². The van der Waals surface area contributed by atoms with Gasteiger partial charge >= 0.3 is 5.69 Å². The van der Waals surface area contributed by atoms with Crippen molar-refractivity contribution in [3.63, 3.8) is 0 Å². The summed E-state index contributed by atoms with van der Waals surface area (Å²) in [6.07, 6.45) is 0.267. The van der Waals surface area contributed by atoms with Gasteiger partial charge in [-0.2, -0.15) is 0 Å². The van der Waals surface area contributed by atoms with E-state index in [9.17, 15) is 14.4 Å². The highest BCUT2D eigenvalue weighted by Gasteiger charge is 2.37. The third-order valence-electron chi connectivity index (χ3n) is 5.20. The first kappa shape index (κ1) is 15.1. The van der Waals surface area contributed by atoms with Crippen molar-refractivity contribution in [2.24, 2.45) is 11.8 Å².